The van der Waals surface area contributed by atoms with E-state index in [1.165, 1.54) is 11.3 Å². The van der Waals surface area contributed by atoms with Crippen molar-refractivity contribution in [3.63, 3.8) is 0 Å². The molecular weight excluding hydrogens is 272 g/mol. The Hall–Kier alpha value is -0.620. The third-order valence-corrected chi connectivity index (χ3v) is 4.32. The first-order valence-electron chi connectivity index (χ1n) is 6.01. The highest BCUT2D eigenvalue weighted by Crippen LogP contribution is 2.21. The Morgan fingerprint density at radius 1 is 1.61 bits per heavy atom. The predicted octanol–water partition coefficient (Wildman–Crippen LogP) is 1.33. The monoisotopic (exact) mass is 288 g/mol. The van der Waals surface area contributed by atoms with Crippen LogP contribution in [0.5, 0.6) is 0 Å². The van der Waals surface area contributed by atoms with Gasteiger partial charge in [-0.25, -0.2) is 0 Å². The molecule has 0 aliphatic carbocycles. The summed E-state index contributed by atoms with van der Waals surface area (Å²) in [6, 6.07) is 3.75. The Kier molecular flexibility index (Phi) is 5.00. The molecule has 1 fully saturated rings. The zero-order valence-corrected chi connectivity index (χ0v) is 11.6. The van der Waals surface area contributed by atoms with E-state index in [2.05, 4.69) is 10.2 Å². The largest absolute Gasteiger partial charge is 0.396 e. The minimum Gasteiger partial charge on any atom is -0.396 e. The first-order chi connectivity index (χ1) is 8.67. The van der Waals surface area contributed by atoms with Gasteiger partial charge in [-0.05, 0) is 31.0 Å². The highest BCUT2D eigenvalue weighted by atomic mass is 35.5. The molecule has 2 rings (SSSR count). The standard InChI is InChI=1S/C12H17ClN2O2S/c13-11-2-1-10(18-11)5-14-12(17)7-15-4-3-9(6-15)8-16/h1-2,9,16H,3-8H2,(H,14,17). The van der Waals surface area contributed by atoms with E-state index in [1.807, 2.05) is 12.1 Å². The molecule has 2 N–H and O–H groups in total. The van der Waals surface area contributed by atoms with E-state index in [4.69, 9.17) is 16.7 Å². The van der Waals surface area contributed by atoms with Crippen molar-refractivity contribution in [3.05, 3.63) is 21.3 Å². The fraction of sp³-hybridized carbons (Fsp3) is 0.583. The lowest BCUT2D eigenvalue weighted by Gasteiger charge is -2.14. The first kappa shape index (κ1) is 13.8. The van der Waals surface area contributed by atoms with Crippen LogP contribution in [-0.2, 0) is 11.3 Å². The highest BCUT2D eigenvalue weighted by Gasteiger charge is 2.23. The topological polar surface area (TPSA) is 52.6 Å². The summed E-state index contributed by atoms with van der Waals surface area (Å²) in [6.45, 7) is 2.87. The van der Waals surface area contributed by atoms with Crippen LogP contribution in [0.3, 0.4) is 0 Å². The minimum absolute atomic E-state index is 0.0260. The Labute approximate surface area is 116 Å². The summed E-state index contributed by atoms with van der Waals surface area (Å²) in [6.07, 6.45) is 0.977. The molecule has 0 bridgehead atoms. The number of likely N-dealkylation sites (tertiary alicyclic amines) is 1. The van der Waals surface area contributed by atoms with Gasteiger partial charge in [-0.15, -0.1) is 11.3 Å². The van der Waals surface area contributed by atoms with E-state index in [9.17, 15) is 4.79 Å². The van der Waals surface area contributed by atoms with Crippen LogP contribution in [-0.4, -0.2) is 42.2 Å². The molecule has 1 aliphatic heterocycles. The maximum atomic E-state index is 11.7. The molecule has 4 nitrogen and oxygen atoms in total. The molecule has 0 spiro atoms. The summed E-state index contributed by atoms with van der Waals surface area (Å²) >= 11 is 7.30. The predicted molar refractivity (Wildman–Crippen MR) is 72.8 cm³/mol. The van der Waals surface area contributed by atoms with Gasteiger partial charge in [0.1, 0.15) is 0 Å². The summed E-state index contributed by atoms with van der Waals surface area (Å²) in [5.74, 6) is 0.354. The van der Waals surface area contributed by atoms with Gasteiger partial charge in [-0.2, -0.15) is 0 Å². The van der Waals surface area contributed by atoms with Crippen LogP contribution in [0.1, 0.15) is 11.3 Å². The number of nitrogens with zero attached hydrogens (tertiary/aromatic N) is 1. The van der Waals surface area contributed by atoms with Gasteiger partial charge in [0.2, 0.25) is 5.91 Å². The summed E-state index contributed by atoms with van der Waals surface area (Å²) in [7, 11) is 0. The quantitative estimate of drug-likeness (QED) is 0.859. The van der Waals surface area contributed by atoms with E-state index in [-0.39, 0.29) is 12.5 Å². The first-order valence-corrected chi connectivity index (χ1v) is 7.21. The van der Waals surface area contributed by atoms with Crippen molar-refractivity contribution in [1.29, 1.82) is 0 Å². The summed E-state index contributed by atoms with van der Waals surface area (Å²) in [4.78, 5) is 14.9. The SMILES string of the molecule is O=C(CN1CCC(CO)C1)NCc1ccc(Cl)s1. The zero-order valence-electron chi connectivity index (χ0n) is 10.1. The van der Waals surface area contributed by atoms with Crippen molar-refractivity contribution in [1.82, 2.24) is 10.2 Å². The molecule has 0 saturated carbocycles. The summed E-state index contributed by atoms with van der Waals surface area (Å²) in [5, 5.41) is 11.9. The van der Waals surface area contributed by atoms with Gasteiger partial charge in [-0.1, -0.05) is 11.6 Å². The van der Waals surface area contributed by atoms with Gasteiger partial charge in [0.15, 0.2) is 0 Å². The number of halogens is 1. The number of rotatable bonds is 5. The molecule has 100 valence electrons. The van der Waals surface area contributed by atoms with E-state index in [0.717, 1.165) is 28.7 Å². The maximum absolute atomic E-state index is 11.7. The third-order valence-electron chi connectivity index (χ3n) is 3.08. The maximum Gasteiger partial charge on any atom is 0.234 e. The second-order valence-electron chi connectivity index (χ2n) is 4.55. The molecule has 1 aromatic heterocycles. The third kappa shape index (κ3) is 3.95. The van der Waals surface area contributed by atoms with E-state index in [0.29, 0.717) is 19.0 Å². The van der Waals surface area contributed by atoms with Gasteiger partial charge < -0.3 is 10.4 Å². The van der Waals surface area contributed by atoms with Crippen LogP contribution < -0.4 is 5.32 Å². The Morgan fingerprint density at radius 2 is 2.44 bits per heavy atom. The molecule has 0 radical (unpaired) electrons. The van der Waals surface area contributed by atoms with Crippen LogP contribution in [0.2, 0.25) is 4.34 Å². The highest BCUT2D eigenvalue weighted by molar-refractivity contribution is 7.16. The number of amides is 1. The van der Waals surface area contributed by atoms with Crippen LogP contribution in [0.15, 0.2) is 12.1 Å². The number of carbonyl (C=O) groups excluding carboxylic acids is 1. The van der Waals surface area contributed by atoms with Crippen LogP contribution in [0.4, 0.5) is 0 Å². The lowest BCUT2D eigenvalue weighted by Crippen LogP contribution is -2.35. The molecule has 2 heterocycles. The molecule has 6 heteroatoms. The van der Waals surface area contributed by atoms with E-state index in [1.54, 1.807) is 0 Å². The second-order valence-corrected chi connectivity index (χ2v) is 6.35. The molecule has 1 amide bonds. The van der Waals surface area contributed by atoms with E-state index < -0.39 is 0 Å². The van der Waals surface area contributed by atoms with Crippen LogP contribution in [0, 0.1) is 5.92 Å². The van der Waals surface area contributed by atoms with Crippen molar-refractivity contribution in [2.75, 3.05) is 26.2 Å². The molecule has 1 aliphatic rings. The number of nitrogens with one attached hydrogen (secondary N) is 1. The van der Waals surface area contributed by atoms with Crippen molar-refractivity contribution >= 4 is 28.8 Å². The Morgan fingerprint density at radius 3 is 3.06 bits per heavy atom. The van der Waals surface area contributed by atoms with Crippen molar-refractivity contribution < 1.29 is 9.90 Å². The zero-order chi connectivity index (χ0) is 13.0. The lowest BCUT2D eigenvalue weighted by atomic mass is 10.1. The minimum atomic E-state index is 0.0260. The molecule has 1 saturated heterocycles. The molecule has 1 unspecified atom stereocenters. The molecule has 18 heavy (non-hydrogen) atoms. The Bertz CT molecular complexity index is 411. The fourth-order valence-electron chi connectivity index (χ4n) is 2.10. The lowest BCUT2D eigenvalue weighted by molar-refractivity contribution is -0.122. The van der Waals surface area contributed by atoms with Gasteiger partial charge in [0, 0.05) is 18.0 Å². The number of aliphatic hydroxyl groups is 1. The Balaban J connectivity index is 1.69. The normalized spacial score (nSPS) is 20.2. The number of aliphatic hydroxyl groups excluding tert-OH is 1. The van der Waals surface area contributed by atoms with Gasteiger partial charge in [-0.3, -0.25) is 9.69 Å². The molecular formula is C12H17ClN2O2S. The molecule has 0 aromatic carbocycles. The van der Waals surface area contributed by atoms with Crippen LogP contribution in [0.25, 0.3) is 0 Å². The van der Waals surface area contributed by atoms with Crippen molar-refractivity contribution in [2.24, 2.45) is 5.92 Å². The van der Waals surface area contributed by atoms with E-state index >= 15 is 0 Å². The van der Waals surface area contributed by atoms with Gasteiger partial charge in [0.05, 0.1) is 17.4 Å². The summed E-state index contributed by atoms with van der Waals surface area (Å²) in [5.41, 5.74) is 0. The molecule has 1 aromatic rings. The number of carbonyl (C=O) groups is 1. The van der Waals surface area contributed by atoms with Gasteiger partial charge >= 0.3 is 0 Å². The van der Waals surface area contributed by atoms with Gasteiger partial charge in [0.25, 0.3) is 0 Å². The second kappa shape index (κ2) is 6.52. The smallest absolute Gasteiger partial charge is 0.234 e. The summed E-state index contributed by atoms with van der Waals surface area (Å²) < 4.78 is 0.740. The average molecular weight is 289 g/mol. The van der Waals surface area contributed by atoms with Crippen LogP contribution >= 0.6 is 22.9 Å². The van der Waals surface area contributed by atoms with Crippen molar-refractivity contribution in [2.45, 2.75) is 13.0 Å². The fourth-order valence-corrected chi connectivity index (χ4v) is 3.12. The average Bonchev–Trinajstić information content (AvgIpc) is 2.95. The number of hydrogen-bond donors (Lipinski definition) is 2. The number of thiophene rings is 1. The molecule has 1 atom stereocenters. The van der Waals surface area contributed by atoms with Crippen molar-refractivity contribution in [3.8, 4) is 0 Å². The number of hydrogen-bond acceptors (Lipinski definition) is 4.